The molecule has 0 radical (unpaired) electrons. The summed E-state index contributed by atoms with van der Waals surface area (Å²) >= 11 is 0. The molecule has 1 rings (SSSR count). The summed E-state index contributed by atoms with van der Waals surface area (Å²) < 4.78 is 5.25. The summed E-state index contributed by atoms with van der Waals surface area (Å²) in [7, 11) is 1.65. The monoisotopic (exact) mass is 271 g/mol. The predicted molar refractivity (Wildman–Crippen MR) is 72.0 cm³/mol. The van der Waals surface area contributed by atoms with Crippen LogP contribution in [0.15, 0.2) is 0 Å². The third-order valence-corrected chi connectivity index (χ3v) is 3.65. The lowest BCUT2D eigenvalue weighted by atomic mass is 9.83. The van der Waals surface area contributed by atoms with Crippen LogP contribution in [0.1, 0.15) is 52.9 Å². The van der Waals surface area contributed by atoms with E-state index in [0.29, 0.717) is 25.8 Å². The molecule has 19 heavy (non-hydrogen) atoms. The van der Waals surface area contributed by atoms with Crippen LogP contribution in [0.3, 0.4) is 0 Å². The van der Waals surface area contributed by atoms with Crippen LogP contribution >= 0.6 is 0 Å². The Labute approximate surface area is 114 Å². The third-order valence-electron chi connectivity index (χ3n) is 3.65. The van der Waals surface area contributed by atoms with Gasteiger partial charge in [0, 0.05) is 13.6 Å². The predicted octanol–water partition coefficient (Wildman–Crippen LogP) is 2.89. The third kappa shape index (κ3) is 4.40. The first-order valence-corrected chi connectivity index (χ1v) is 6.84. The maximum absolute atomic E-state index is 11.8. The van der Waals surface area contributed by atoms with E-state index in [1.165, 1.54) is 4.90 Å². The number of hydrogen-bond donors (Lipinski definition) is 1. The number of carboxylic acids is 1. The van der Waals surface area contributed by atoms with Gasteiger partial charge < -0.3 is 14.7 Å². The van der Waals surface area contributed by atoms with Gasteiger partial charge in [0.15, 0.2) is 0 Å². The van der Waals surface area contributed by atoms with Gasteiger partial charge in [-0.1, -0.05) is 12.8 Å². The Morgan fingerprint density at radius 1 is 1.26 bits per heavy atom. The lowest BCUT2D eigenvalue weighted by Gasteiger charge is -2.28. The fraction of sp³-hybridized carbons (Fsp3) is 0.857. The van der Waals surface area contributed by atoms with E-state index in [1.807, 2.05) is 20.8 Å². The number of amides is 1. The number of ether oxygens (including phenoxy) is 1. The number of hydrogen-bond acceptors (Lipinski definition) is 3. The molecule has 5 nitrogen and oxygen atoms in total. The maximum atomic E-state index is 11.8. The minimum absolute atomic E-state index is 0.397. The first-order chi connectivity index (χ1) is 8.66. The number of rotatable bonds is 4. The molecule has 1 saturated carbocycles. The van der Waals surface area contributed by atoms with Crippen LogP contribution in [0, 0.1) is 5.41 Å². The minimum Gasteiger partial charge on any atom is -0.481 e. The second kappa shape index (κ2) is 5.80. The molecule has 0 aromatic heterocycles. The number of carboxylic acid groups (broad SMARTS) is 1. The average Bonchev–Trinajstić information content (AvgIpc) is 2.73. The fourth-order valence-electron chi connectivity index (χ4n) is 2.44. The van der Waals surface area contributed by atoms with Crippen molar-refractivity contribution in [2.75, 3.05) is 13.6 Å². The highest BCUT2D eigenvalue weighted by Crippen LogP contribution is 2.41. The smallest absolute Gasteiger partial charge is 0.410 e. The highest BCUT2D eigenvalue weighted by molar-refractivity contribution is 5.75. The SMILES string of the molecule is CN(CCC1(C(=O)O)CCCC1)C(=O)OC(C)(C)C. The van der Waals surface area contributed by atoms with Crippen LogP contribution in [-0.2, 0) is 9.53 Å². The van der Waals surface area contributed by atoms with E-state index in [1.54, 1.807) is 7.05 Å². The Bertz CT molecular complexity index is 340. The molecule has 0 unspecified atom stereocenters. The summed E-state index contributed by atoms with van der Waals surface area (Å²) in [6.07, 6.45) is 3.45. The van der Waals surface area contributed by atoms with E-state index in [-0.39, 0.29) is 0 Å². The van der Waals surface area contributed by atoms with Crippen molar-refractivity contribution >= 4 is 12.1 Å². The van der Waals surface area contributed by atoms with E-state index in [4.69, 9.17) is 4.74 Å². The van der Waals surface area contributed by atoms with E-state index < -0.39 is 23.1 Å². The van der Waals surface area contributed by atoms with E-state index in [2.05, 4.69) is 0 Å². The van der Waals surface area contributed by atoms with Gasteiger partial charge in [0.2, 0.25) is 0 Å². The van der Waals surface area contributed by atoms with E-state index >= 15 is 0 Å². The van der Waals surface area contributed by atoms with Crippen LogP contribution in [0.4, 0.5) is 4.79 Å². The zero-order valence-electron chi connectivity index (χ0n) is 12.4. The molecule has 0 spiro atoms. The lowest BCUT2D eigenvalue weighted by molar-refractivity contribution is -0.149. The van der Waals surface area contributed by atoms with Crippen molar-refractivity contribution in [3.63, 3.8) is 0 Å². The highest BCUT2D eigenvalue weighted by Gasteiger charge is 2.41. The second-order valence-corrected chi connectivity index (χ2v) is 6.44. The van der Waals surface area contributed by atoms with Gasteiger partial charge in [0.05, 0.1) is 5.41 Å². The van der Waals surface area contributed by atoms with Crippen molar-refractivity contribution < 1.29 is 19.4 Å². The van der Waals surface area contributed by atoms with Crippen molar-refractivity contribution in [1.29, 1.82) is 0 Å². The molecular formula is C14H25NO4. The Morgan fingerprint density at radius 3 is 2.21 bits per heavy atom. The molecule has 1 aliphatic rings. The maximum Gasteiger partial charge on any atom is 0.410 e. The number of carbonyl (C=O) groups excluding carboxylic acids is 1. The first-order valence-electron chi connectivity index (χ1n) is 6.84. The van der Waals surface area contributed by atoms with Gasteiger partial charge in [-0.05, 0) is 40.0 Å². The number of aliphatic carboxylic acids is 1. The summed E-state index contributed by atoms with van der Waals surface area (Å²) in [5.41, 5.74) is -1.17. The van der Waals surface area contributed by atoms with E-state index in [9.17, 15) is 14.7 Å². The zero-order chi connectivity index (χ0) is 14.7. The van der Waals surface area contributed by atoms with Gasteiger partial charge >= 0.3 is 12.1 Å². The summed E-state index contributed by atoms with van der Waals surface area (Å²) in [4.78, 5) is 24.7. The van der Waals surface area contributed by atoms with Crippen molar-refractivity contribution in [3.8, 4) is 0 Å². The molecule has 0 aliphatic heterocycles. The molecule has 0 saturated heterocycles. The Hall–Kier alpha value is -1.26. The van der Waals surface area contributed by atoms with Gasteiger partial charge in [-0.3, -0.25) is 4.79 Å². The molecule has 1 aliphatic carbocycles. The summed E-state index contributed by atoms with van der Waals surface area (Å²) in [5, 5.41) is 9.37. The molecule has 1 N–H and O–H groups in total. The molecule has 110 valence electrons. The molecule has 0 aromatic rings. The van der Waals surface area contributed by atoms with Crippen molar-refractivity contribution in [2.24, 2.45) is 5.41 Å². The molecule has 1 amide bonds. The van der Waals surface area contributed by atoms with Crippen molar-refractivity contribution in [2.45, 2.75) is 58.5 Å². The topological polar surface area (TPSA) is 66.8 Å². The van der Waals surface area contributed by atoms with Gasteiger partial charge in [0.1, 0.15) is 5.60 Å². The molecule has 0 bridgehead atoms. The van der Waals surface area contributed by atoms with Gasteiger partial charge in [0.25, 0.3) is 0 Å². The van der Waals surface area contributed by atoms with Gasteiger partial charge in [-0.25, -0.2) is 4.79 Å². The van der Waals surface area contributed by atoms with Crippen molar-refractivity contribution in [1.82, 2.24) is 4.90 Å². The van der Waals surface area contributed by atoms with Gasteiger partial charge in [-0.2, -0.15) is 0 Å². The zero-order valence-corrected chi connectivity index (χ0v) is 12.4. The Balaban J connectivity index is 2.51. The fourth-order valence-corrected chi connectivity index (χ4v) is 2.44. The second-order valence-electron chi connectivity index (χ2n) is 6.44. The van der Waals surface area contributed by atoms with Crippen LogP contribution in [0.25, 0.3) is 0 Å². The van der Waals surface area contributed by atoms with Gasteiger partial charge in [-0.15, -0.1) is 0 Å². The molecule has 1 fully saturated rings. The van der Waals surface area contributed by atoms with Crippen LogP contribution in [-0.4, -0.2) is 41.3 Å². The molecule has 0 aromatic carbocycles. The average molecular weight is 271 g/mol. The first kappa shape index (κ1) is 15.8. The van der Waals surface area contributed by atoms with E-state index in [0.717, 1.165) is 12.8 Å². The normalized spacial score (nSPS) is 18.1. The number of nitrogens with zero attached hydrogens (tertiary/aromatic N) is 1. The summed E-state index contributed by atoms with van der Waals surface area (Å²) in [6.45, 7) is 5.86. The van der Waals surface area contributed by atoms with Crippen LogP contribution < -0.4 is 0 Å². The highest BCUT2D eigenvalue weighted by atomic mass is 16.6. The molecule has 0 atom stereocenters. The Kier molecular flexibility index (Phi) is 4.82. The van der Waals surface area contributed by atoms with Crippen LogP contribution in [0.5, 0.6) is 0 Å². The lowest BCUT2D eigenvalue weighted by Crippen LogP contribution is -2.38. The molecular weight excluding hydrogens is 246 g/mol. The largest absolute Gasteiger partial charge is 0.481 e. The van der Waals surface area contributed by atoms with Crippen molar-refractivity contribution in [3.05, 3.63) is 0 Å². The molecule has 5 heteroatoms. The quantitative estimate of drug-likeness (QED) is 0.853. The summed E-state index contributed by atoms with van der Waals surface area (Å²) in [6, 6.07) is 0. The Morgan fingerprint density at radius 2 is 1.79 bits per heavy atom. The molecule has 0 heterocycles. The van der Waals surface area contributed by atoms with Crippen LogP contribution in [0.2, 0.25) is 0 Å². The number of carbonyl (C=O) groups is 2. The summed E-state index contributed by atoms with van der Waals surface area (Å²) in [5.74, 6) is -0.734. The standard InChI is InChI=1S/C14H25NO4/c1-13(2,3)19-12(18)15(4)10-9-14(11(16)17)7-5-6-8-14/h5-10H2,1-4H3,(H,16,17). The minimum atomic E-state index is -0.734.